The molecule has 1 saturated heterocycles. The van der Waals surface area contributed by atoms with E-state index in [0.717, 1.165) is 17.5 Å². The van der Waals surface area contributed by atoms with Crippen LogP contribution < -0.4 is 14.7 Å². The van der Waals surface area contributed by atoms with Crippen LogP contribution >= 0.6 is 0 Å². The van der Waals surface area contributed by atoms with Crippen LogP contribution in [0, 0.1) is 10.6 Å². The van der Waals surface area contributed by atoms with Crippen LogP contribution in [-0.2, 0) is 21.4 Å². The molecule has 2 aliphatic heterocycles. The number of piperidine rings is 1. The third kappa shape index (κ3) is 1.64. The number of fused-ring (bicyclic) bond motifs is 1. The maximum atomic E-state index is 12.4. The zero-order valence-electron chi connectivity index (χ0n) is 16.4. The highest BCUT2D eigenvalue weighted by atomic mass is 16.8. The quantitative estimate of drug-likeness (QED) is 0.419. The van der Waals surface area contributed by atoms with Gasteiger partial charge in [0.2, 0.25) is 6.41 Å². The number of hydroxylamine groups is 2. The number of nitrogens with one attached hydrogen (secondary N) is 1. The maximum Gasteiger partial charge on any atom is 0.209 e. The average molecular weight is 400 g/mol. The van der Waals surface area contributed by atoms with Gasteiger partial charge >= 0.3 is 0 Å². The standard InChI is InChI=1S/C21H24N2O6/c1-27-13-4-3-12-9-14-19-5-6-21(28-2,15(10-19)23(25)26)18-20(19,7-8-22(14)11-24)16(12)17(13)29-18/h3-6,11,14-15,18,23,25H,7-10H2,1-2H3/t14-,15-,18-,19+,20-,21+/m0/s1. The number of carbonyl (C=O) groups is 1. The topological polar surface area (TPSA) is 95.7 Å². The molecule has 7 rings (SSSR count). The Morgan fingerprint density at radius 3 is 2.90 bits per heavy atom. The molecule has 1 aromatic carbocycles. The molecular weight excluding hydrogens is 376 g/mol. The Morgan fingerprint density at radius 2 is 2.21 bits per heavy atom. The molecule has 1 amide bonds. The van der Waals surface area contributed by atoms with Crippen LogP contribution in [0.2, 0.25) is 0 Å². The first-order valence-corrected chi connectivity index (χ1v) is 10.1. The molecule has 8 heteroatoms. The third-order valence-corrected chi connectivity index (χ3v) is 8.48. The van der Waals surface area contributed by atoms with Crippen molar-refractivity contribution < 1.29 is 29.4 Å². The van der Waals surface area contributed by atoms with Gasteiger partial charge in [0.25, 0.3) is 0 Å². The van der Waals surface area contributed by atoms with E-state index in [2.05, 4.69) is 12.1 Å². The fraction of sp³-hybridized carbons (Fsp3) is 0.571. The number of carbonyl (C=O) groups excluding carboxylic acids is 1. The predicted octanol–water partition coefficient (Wildman–Crippen LogP) is -0.0336. The van der Waals surface area contributed by atoms with E-state index in [1.54, 1.807) is 14.2 Å². The van der Waals surface area contributed by atoms with Gasteiger partial charge in [-0.3, -0.25) is 4.79 Å². The van der Waals surface area contributed by atoms with Crippen molar-refractivity contribution in [2.24, 2.45) is 5.41 Å². The van der Waals surface area contributed by atoms with Gasteiger partial charge in [0, 0.05) is 37.1 Å². The van der Waals surface area contributed by atoms with E-state index in [4.69, 9.17) is 14.2 Å². The van der Waals surface area contributed by atoms with Crippen molar-refractivity contribution in [3.05, 3.63) is 40.6 Å². The number of nitrogens with zero attached hydrogens (tertiary/aromatic N) is 1. The number of amides is 1. The first kappa shape index (κ1) is 17.7. The maximum absolute atomic E-state index is 12.4. The number of ether oxygens (including phenoxy) is 3. The highest BCUT2D eigenvalue weighted by Gasteiger charge is 2.81. The lowest BCUT2D eigenvalue weighted by molar-refractivity contribution is -1.07. The van der Waals surface area contributed by atoms with Crippen LogP contribution in [0.4, 0.5) is 0 Å². The summed E-state index contributed by atoms with van der Waals surface area (Å²) in [5.41, 5.74) is 0.318. The lowest BCUT2D eigenvalue weighted by atomic mass is 9.38. The molecule has 0 radical (unpaired) electrons. The van der Waals surface area contributed by atoms with Gasteiger partial charge in [0.05, 0.1) is 12.5 Å². The third-order valence-electron chi connectivity index (χ3n) is 8.48. The van der Waals surface area contributed by atoms with Crippen LogP contribution in [0.25, 0.3) is 0 Å². The fourth-order valence-corrected chi connectivity index (χ4v) is 7.43. The normalized spacial score (nSPS) is 43.6. The number of quaternary nitrogens is 1. The highest BCUT2D eigenvalue weighted by Crippen LogP contribution is 2.73. The number of likely N-dealkylation sites (tertiary alicyclic amines) is 1. The molecule has 2 heterocycles. The van der Waals surface area contributed by atoms with Gasteiger partial charge in [-0.05, 0) is 30.5 Å². The molecule has 1 saturated carbocycles. The molecule has 6 aliphatic rings. The predicted molar refractivity (Wildman–Crippen MR) is 99.8 cm³/mol. The minimum Gasteiger partial charge on any atom is -0.600 e. The molecule has 4 bridgehead atoms. The minimum atomic E-state index is -1.06. The molecule has 29 heavy (non-hydrogen) atoms. The molecule has 1 unspecified atom stereocenters. The summed E-state index contributed by atoms with van der Waals surface area (Å²) in [5.74, 6) is 1.38. The lowest BCUT2D eigenvalue weighted by Crippen LogP contribution is -3.14. The smallest absolute Gasteiger partial charge is 0.209 e. The van der Waals surface area contributed by atoms with Crippen molar-refractivity contribution in [1.82, 2.24) is 4.90 Å². The molecule has 2 N–H and O–H groups in total. The molecule has 7 atom stereocenters. The Morgan fingerprint density at radius 1 is 1.38 bits per heavy atom. The monoisotopic (exact) mass is 400 g/mol. The van der Waals surface area contributed by atoms with Gasteiger partial charge in [0.1, 0.15) is 6.10 Å². The summed E-state index contributed by atoms with van der Waals surface area (Å²) in [7, 11) is 3.19. The van der Waals surface area contributed by atoms with Gasteiger partial charge < -0.3 is 24.3 Å². The molecule has 154 valence electrons. The van der Waals surface area contributed by atoms with Crippen LogP contribution in [0.3, 0.4) is 0 Å². The van der Waals surface area contributed by atoms with Gasteiger partial charge in [-0.2, -0.15) is 0 Å². The molecule has 2 spiro atoms. The Hall–Kier alpha value is -2.13. The molecule has 1 aromatic rings. The zero-order chi connectivity index (χ0) is 20.2. The Bertz CT molecular complexity index is 949. The van der Waals surface area contributed by atoms with Crippen molar-refractivity contribution in [2.75, 3.05) is 20.8 Å². The second-order valence-corrected chi connectivity index (χ2v) is 8.94. The van der Waals surface area contributed by atoms with E-state index in [9.17, 15) is 15.2 Å². The number of methoxy groups -OCH3 is 2. The lowest BCUT2D eigenvalue weighted by Gasteiger charge is -2.70. The summed E-state index contributed by atoms with van der Waals surface area (Å²) in [5, 5.41) is 21.6. The second-order valence-electron chi connectivity index (χ2n) is 8.94. The van der Waals surface area contributed by atoms with E-state index in [0.29, 0.717) is 37.3 Å². The molecular formula is C21H24N2O6. The van der Waals surface area contributed by atoms with Crippen molar-refractivity contribution >= 4 is 6.41 Å². The first-order chi connectivity index (χ1) is 14.0. The number of hydrogen-bond donors (Lipinski definition) is 2. The minimum absolute atomic E-state index is 0.0973. The van der Waals surface area contributed by atoms with E-state index in [1.807, 2.05) is 17.0 Å². The SMILES string of the molecule is COc1ccc2c3c1O[C@@H]1[C@@]4(OC)C=C[C@@]5(C[C@@H]4[NH+]([O-])O)[C@H](C2)N(C=O)CC[C@]315. The van der Waals surface area contributed by atoms with Crippen molar-refractivity contribution in [3.8, 4) is 11.5 Å². The number of hydrogen-bond acceptors (Lipinski definition) is 6. The highest BCUT2D eigenvalue weighted by molar-refractivity contribution is 5.66. The van der Waals surface area contributed by atoms with Crippen LogP contribution in [0.1, 0.15) is 24.0 Å². The summed E-state index contributed by atoms with van der Waals surface area (Å²) in [6.07, 6.45) is 6.32. The Kier molecular flexibility index (Phi) is 3.24. The molecule has 0 aromatic heterocycles. The van der Waals surface area contributed by atoms with E-state index < -0.39 is 33.8 Å². The van der Waals surface area contributed by atoms with Crippen molar-refractivity contribution in [1.29, 1.82) is 0 Å². The zero-order valence-corrected chi connectivity index (χ0v) is 16.4. The van der Waals surface area contributed by atoms with Crippen molar-refractivity contribution in [3.63, 3.8) is 0 Å². The molecule has 4 aliphatic carbocycles. The van der Waals surface area contributed by atoms with Gasteiger partial charge in [-0.15, -0.1) is 0 Å². The first-order valence-electron chi connectivity index (χ1n) is 10.1. The Labute approximate surface area is 168 Å². The molecule has 2 fully saturated rings. The average Bonchev–Trinajstić information content (AvgIpc) is 3.10. The second kappa shape index (κ2) is 5.31. The van der Waals surface area contributed by atoms with E-state index >= 15 is 0 Å². The number of rotatable bonds is 4. The fourth-order valence-electron chi connectivity index (χ4n) is 7.43. The van der Waals surface area contributed by atoms with Crippen LogP contribution in [0.15, 0.2) is 24.3 Å². The van der Waals surface area contributed by atoms with E-state index in [1.165, 1.54) is 0 Å². The van der Waals surface area contributed by atoms with Gasteiger partial charge in [-0.1, -0.05) is 12.1 Å². The Balaban J connectivity index is 1.70. The van der Waals surface area contributed by atoms with Crippen molar-refractivity contribution in [2.45, 2.75) is 48.5 Å². The molecule has 8 nitrogen and oxygen atoms in total. The largest absolute Gasteiger partial charge is 0.600 e. The van der Waals surface area contributed by atoms with Crippen LogP contribution in [-0.4, -0.2) is 61.1 Å². The summed E-state index contributed by atoms with van der Waals surface area (Å²) < 4.78 is 18.2. The summed E-state index contributed by atoms with van der Waals surface area (Å²) >= 11 is 0. The van der Waals surface area contributed by atoms with Gasteiger partial charge in [-0.25, -0.2) is 10.4 Å². The van der Waals surface area contributed by atoms with Gasteiger partial charge in [0.15, 0.2) is 23.1 Å². The van der Waals surface area contributed by atoms with Crippen LogP contribution in [0.5, 0.6) is 11.5 Å². The van der Waals surface area contributed by atoms with E-state index in [-0.39, 0.29) is 6.04 Å². The summed E-state index contributed by atoms with van der Waals surface area (Å²) in [6.45, 7) is 0.622. The summed E-state index contributed by atoms with van der Waals surface area (Å²) in [6, 6.07) is 3.14. The number of benzene rings is 1. The summed E-state index contributed by atoms with van der Waals surface area (Å²) in [4.78, 5) is 13.8.